The molecular formula is C15H23NO2. The molecule has 1 aliphatic heterocycles. The van der Waals surface area contributed by atoms with Gasteiger partial charge in [0, 0.05) is 18.2 Å². The maximum atomic E-state index is 9.58. The summed E-state index contributed by atoms with van der Waals surface area (Å²) in [4.78, 5) is 2.46. The molecule has 1 saturated heterocycles. The average molecular weight is 249 g/mol. The second-order valence-electron chi connectivity index (χ2n) is 5.56. The smallest absolute Gasteiger partial charge is 0.119 e. The van der Waals surface area contributed by atoms with E-state index in [-0.39, 0.29) is 17.5 Å². The van der Waals surface area contributed by atoms with Crippen molar-refractivity contribution in [3.05, 3.63) is 23.8 Å². The number of nitrogens with zero attached hydrogens (tertiary/aromatic N) is 1. The summed E-state index contributed by atoms with van der Waals surface area (Å²) in [5.74, 6) is 0.969. The molecule has 0 saturated carbocycles. The fourth-order valence-electron chi connectivity index (χ4n) is 2.96. The summed E-state index contributed by atoms with van der Waals surface area (Å²) in [6, 6.07) is 5.63. The molecule has 2 N–H and O–H groups in total. The summed E-state index contributed by atoms with van der Waals surface area (Å²) < 4.78 is 0. The molecule has 3 atom stereocenters. The lowest BCUT2D eigenvalue weighted by molar-refractivity contribution is 0.0751. The molecule has 0 bridgehead atoms. The van der Waals surface area contributed by atoms with Gasteiger partial charge in [0.1, 0.15) is 11.5 Å². The van der Waals surface area contributed by atoms with E-state index in [1.807, 2.05) is 0 Å². The van der Waals surface area contributed by atoms with Crippen LogP contribution in [0.4, 0.5) is 0 Å². The summed E-state index contributed by atoms with van der Waals surface area (Å²) in [6.45, 7) is 7.79. The van der Waals surface area contributed by atoms with Gasteiger partial charge in [-0.2, -0.15) is 0 Å². The van der Waals surface area contributed by atoms with Gasteiger partial charge in [0.25, 0.3) is 0 Å². The summed E-state index contributed by atoms with van der Waals surface area (Å²) in [5.41, 5.74) is 0.980. The molecule has 1 aliphatic rings. The highest BCUT2D eigenvalue weighted by Crippen LogP contribution is 2.33. The Kier molecular flexibility index (Phi) is 3.81. The second-order valence-corrected chi connectivity index (χ2v) is 5.56. The van der Waals surface area contributed by atoms with Crippen LogP contribution in [-0.4, -0.2) is 27.7 Å². The highest BCUT2D eigenvalue weighted by Gasteiger charge is 2.29. The van der Waals surface area contributed by atoms with Gasteiger partial charge in [0.2, 0.25) is 0 Å². The Morgan fingerprint density at radius 1 is 1.17 bits per heavy atom. The lowest BCUT2D eigenvalue weighted by Gasteiger charge is -2.42. The summed E-state index contributed by atoms with van der Waals surface area (Å²) in [7, 11) is 0. The van der Waals surface area contributed by atoms with Crippen molar-refractivity contribution in [1.82, 2.24) is 4.90 Å². The molecule has 0 amide bonds. The molecule has 3 heteroatoms. The lowest BCUT2D eigenvalue weighted by Crippen LogP contribution is -2.43. The fourth-order valence-corrected chi connectivity index (χ4v) is 2.96. The van der Waals surface area contributed by atoms with E-state index in [0.29, 0.717) is 12.0 Å². The molecular weight excluding hydrogens is 226 g/mol. The van der Waals surface area contributed by atoms with E-state index in [4.69, 9.17) is 0 Å². The van der Waals surface area contributed by atoms with Gasteiger partial charge in [-0.05, 0) is 56.8 Å². The van der Waals surface area contributed by atoms with Crippen molar-refractivity contribution in [3.8, 4) is 11.5 Å². The Labute approximate surface area is 109 Å². The Balaban J connectivity index is 2.21. The van der Waals surface area contributed by atoms with Gasteiger partial charge in [-0.15, -0.1) is 0 Å². The van der Waals surface area contributed by atoms with Crippen LogP contribution in [0.25, 0.3) is 0 Å². The van der Waals surface area contributed by atoms with E-state index in [2.05, 4.69) is 25.7 Å². The minimum absolute atomic E-state index is 0.134. The van der Waals surface area contributed by atoms with Crippen LogP contribution in [0, 0.1) is 5.92 Å². The molecule has 3 unspecified atom stereocenters. The Morgan fingerprint density at radius 3 is 2.39 bits per heavy atom. The van der Waals surface area contributed by atoms with Gasteiger partial charge in [-0.1, -0.05) is 6.92 Å². The molecule has 0 radical (unpaired) electrons. The third-order valence-electron chi connectivity index (χ3n) is 4.33. The minimum atomic E-state index is 0.134. The van der Waals surface area contributed by atoms with Gasteiger partial charge in [0.15, 0.2) is 0 Å². The van der Waals surface area contributed by atoms with Crippen molar-refractivity contribution in [2.75, 3.05) is 6.54 Å². The third kappa shape index (κ3) is 2.61. The van der Waals surface area contributed by atoms with Crippen LogP contribution >= 0.6 is 0 Å². The van der Waals surface area contributed by atoms with Gasteiger partial charge >= 0.3 is 0 Å². The van der Waals surface area contributed by atoms with E-state index in [1.54, 1.807) is 12.1 Å². The van der Waals surface area contributed by atoms with E-state index in [0.717, 1.165) is 12.1 Å². The largest absolute Gasteiger partial charge is 0.508 e. The monoisotopic (exact) mass is 249 g/mol. The number of piperidine rings is 1. The first-order valence-corrected chi connectivity index (χ1v) is 6.77. The molecule has 100 valence electrons. The predicted molar refractivity (Wildman–Crippen MR) is 72.8 cm³/mol. The average Bonchev–Trinajstić information content (AvgIpc) is 2.30. The van der Waals surface area contributed by atoms with Crippen molar-refractivity contribution in [2.45, 2.75) is 45.7 Å². The topological polar surface area (TPSA) is 43.7 Å². The second kappa shape index (κ2) is 5.19. The number of benzene rings is 1. The highest BCUT2D eigenvalue weighted by molar-refractivity contribution is 5.38. The molecule has 2 rings (SSSR count). The van der Waals surface area contributed by atoms with Crippen molar-refractivity contribution >= 4 is 0 Å². The number of hydrogen-bond acceptors (Lipinski definition) is 3. The van der Waals surface area contributed by atoms with Crippen LogP contribution in [0.5, 0.6) is 11.5 Å². The molecule has 1 aromatic rings. The van der Waals surface area contributed by atoms with E-state index in [9.17, 15) is 10.2 Å². The van der Waals surface area contributed by atoms with E-state index in [1.165, 1.54) is 18.9 Å². The highest BCUT2D eigenvalue weighted by atomic mass is 16.3. The van der Waals surface area contributed by atoms with Crippen molar-refractivity contribution in [2.24, 2.45) is 5.92 Å². The Morgan fingerprint density at radius 2 is 1.78 bits per heavy atom. The quantitative estimate of drug-likeness (QED) is 0.845. The summed E-state index contributed by atoms with van der Waals surface area (Å²) in [5, 5.41) is 19.2. The van der Waals surface area contributed by atoms with Crippen LogP contribution in [0.15, 0.2) is 18.2 Å². The minimum Gasteiger partial charge on any atom is -0.508 e. The van der Waals surface area contributed by atoms with Crippen LogP contribution in [0.3, 0.4) is 0 Å². The number of likely N-dealkylation sites (tertiary alicyclic amines) is 1. The Bertz CT molecular complexity index is 399. The van der Waals surface area contributed by atoms with Gasteiger partial charge in [0.05, 0.1) is 0 Å². The van der Waals surface area contributed by atoms with Crippen molar-refractivity contribution < 1.29 is 10.2 Å². The number of aromatic hydroxyl groups is 2. The number of phenolic OH excluding ortho intramolecular Hbond substituents is 2. The summed E-state index contributed by atoms with van der Waals surface area (Å²) in [6.07, 6.45) is 2.51. The van der Waals surface area contributed by atoms with Gasteiger partial charge in [-0.3, -0.25) is 4.90 Å². The molecule has 1 aromatic carbocycles. The van der Waals surface area contributed by atoms with E-state index >= 15 is 0 Å². The van der Waals surface area contributed by atoms with Crippen molar-refractivity contribution in [1.29, 1.82) is 0 Å². The first kappa shape index (κ1) is 13.2. The third-order valence-corrected chi connectivity index (χ3v) is 4.33. The molecule has 0 aliphatic carbocycles. The normalized spacial score (nSPS) is 27.1. The summed E-state index contributed by atoms with van der Waals surface area (Å²) >= 11 is 0. The maximum absolute atomic E-state index is 9.58. The zero-order valence-electron chi connectivity index (χ0n) is 11.4. The van der Waals surface area contributed by atoms with Crippen LogP contribution < -0.4 is 0 Å². The van der Waals surface area contributed by atoms with Crippen LogP contribution in [-0.2, 0) is 0 Å². The van der Waals surface area contributed by atoms with Gasteiger partial charge < -0.3 is 10.2 Å². The number of rotatable bonds is 2. The lowest BCUT2D eigenvalue weighted by atomic mass is 9.89. The SMILES string of the molecule is CC1CCCN(C(C)c2cc(O)cc(O)c2)C1C. The zero-order chi connectivity index (χ0) is 13.3. The molecule has 3 nitrogen and oxygen atoms in total. The zero-order valence-corrected chi connectivity index (χ0v) is 11.4. The molecule has 0 aromatic heterocycles. The molecule has 18 heavy (non-hydrogen) atoms. The fraction of sp³-hybridized carbons (Fsp3) is 0.600. The standard InChI is InChI=1S/C15H23NO2/c1-10-5-4-6-16(11(10)2)12(3)13-7-14(17)9-15(18)8-13/h7-12,17-18H,4-6H2,1-3H3. The first-order chi connectivity index (χ1) is 8.49. The molecule has 0 spiro atoms. The molecule has 1 heterocycles. The number of phenols is 2. The van der Waals surface area contributed by atoms with E-state index < -0.39 is 0 Å². The van der Waals surface area contributed by atoms with Crippen LogP contribution in [0.2, 0.25) is 0 Å². The Hall–Kier alpha value is -1.22. The van der Waals surface area contributed by atoms with Crippen LogP contribution in [0.1, 0.15) is 45.2 Å². The van der Waals surface area contributed by atoms with Gasteiger partial charge in [-0.25, -0.2) is 0 Å². The number of hydrogen-bond donors (Lipinski definition) is 2. The van der Waals surface area contributed by atoms with Crippen molar-refractivity contribution in [3.63, 3.8) is 0 Å². The predicted octanol–water partition coefficient (Wildman–Crippen LogP) is 3.28. The molecule has 1 fully saturated rings. The maximum Gasteiger partial charge on any atom is 0.119 e. The first-order valence-electron chi connectivity index (χ1n) is 6.77.